The maximum absolute atomic E-state index is 3.57. The van der Waals surface area contributed by atoms with Crippen molar-refractivity contribution >= 4 is 15.9 Å². The lowest BCUT2D eigenvalue weighted by Gasteiger charge is -2.19. The van der Waals surface area contributed by atoms with Crippen molar-refractivity contribution in [1.29, 1.82) is 0 Å². The van der Waals surface area contributed by atoms with E-state index in [1.807, 2.05) is 0 Å². The van der Waals surface area contributed by atoms with Crippen LogP contribution in [0.25, 0.3) is 0 Å². The zero-order valence-corrected chi connectivity index (χ0v) is 11.6. The summed E-state index contributed by atoms with van der Waals surface area (Å²) >= 11 is 3.49. The summed E-state index contributed by atoms with van der Waals surface area (Å²) in [5.74, 6) is 1.61. The van der Waals surface area contributed by atoms with Crippen molar-refractivity contribution in [2.75, 3.05) is 6.54 Å². The Morgan fingerprint density at radius 3 is 2.38 bits per heavy atom. The molecule has 0 saturated heterocycles. The summed E-state index contributed by atoms with van der Waals surface area (Å²) in [6, 6.07) is 9.40. The number of nitrogens with one attached hydrogen (secondary N) is 1. The lowest BCUT2D eigenvalue weighted by Crippen LogP contribution is -2.28. The topological polar surface area (TPSA) is 12.0 Å². The van der Waals surface area contributed by atoms with Crippen molar-refractivity contribution < 1.29 is 0 Å². The number of rotatable bonds is 5. The van der Waals surface area contributed by atoms with E-state index in [0.717, 1.165) is 12.5 Å². The molecular formula is C14H20BrN. The van der Waals surface area contributed by atoms with E-state index in [9.17, 15) is 0 Å². The fourth-order valence-corrected chi connectivity index (χ4v) is 2.39. The highest BCUT2D eigenvalue weighted by atomic mass is 79.9. The van der Waals surface area contributed by atoms with Gasteiger partial charge < -0.3 is 5.32 Å². The third-order valence-electron chi connectivity index (χ3n) is 3.24. The molecule has 0 heterocycles. The fraction of sp³-hybridized carbons (Fsp3) is 0.571. The van der Waals surface area contributed by atoms with Gasteiger partial charge in [0.15, 0.2) is 0 Å². The van der Waals surface area contributed by atoms with Gasteiger partial charge in [0.05, 0.1) is 0 Å². The second-order valence-electron chi connectivity index (χ2n) is 5.06. The lowest BCUT2D eigenvalue weighted by atomic mass is 9.94. The largest absolute Gasteiger partial charge is 0.314 e. The van der Waals surface area contributed by atoms with Crippen LogP contribution in [0.1, 0.15) is 38.2 Å². The van der Waals surface area contributed by atoms with Crippen molar-refractivity contribution in [3.05, 3.63) is 34.3 Å². The molecule has 0 amide bonds. The highest BCUT2D eigenvalue weighted by Crippen LogP contribution is 2.42. The summed E-state index contributed by atoms with van der Waals surface area (Å²) in [5.41, 5.74) is 1.49. The van der Waals surface area contributed by atoms with E-state index in [2.05, 4.69) is 59.4 Å². The number of hydrogen-bond acceptors (Lipinski definition) is 1. The quantitative estimate of drug-likeness (QED) is 0.862. The fourth-order valence-electron chi connectivity index (χ4n) is 2.13. The Morgan fingerprint density at radius 2 is 1.88 bits per heavy atom. The summed E-state index contributed by atoms with van der Waals surface area (Å²) in [6.07, 6.45) is 2.81. The molecule has 1 aliphatic rings. The third-order valence-corrected chi connectivity index (χ3v) is 3.76. The molecule has 1 aromatic rings. The van der Waals surface area contributed by atoms with Gasteiger partial charge in [-0.1, -0.05) is 41.9 Å². The van der Waals surface area contributed by atoms with Crippen LogP contribution < -0.4 is 5.32 Å². The molecule has 16 heavy (non-hydrogen) atoms. The van der Waals surface area contributed by atoms with Gasteiger partial charge in [0.2, 0.25) is 0 Å². The van der Waals surface area contributed by atoms with Crippen molar-refractivity contribution in [3.8, 4) is 0 Å². The van der Waals surface area contributed by atoms with E-state index >= 15 is 0 Å². The zero-order chi connectivity index (χ0) is 11.5. The number of halogens is 1. The summed E-state index contributed by atoms with van der Waals surface area (Å²) in [7, 11) is 0. The second-order valence-corrected chi connectivity index (χ2v) is 5.97. The smallest absolute Gasteiger partial charge is 0.0175 e. The molecule has 2 heteroatoms. The number of benzene rings is 1. The molecule has 0 radical (unpaired) electrons. The molecule has 0 aliphatic heterocycles. The van der Waals surface area contributed by atoms with Crippen LogP contribution in [-0.2, 0) is 0 Å². The Hall–Kier alpha value is -0.340. The molecule has 1 fully saturated rings. The molecule has 1 atom stereocenters. The molecule has 88 valence electrons. The molecule has 1 N–H and O–H groups in total. The first-order chi connectivity index (χ1) is 7.66. The molecule has 1 unspecified atom stereocenters. The van der Waals surface area contributed by atoms with Gasteiger partial charge in [-0.25, -0.2) is 0 Å². The van der Waals surface area contributed by atoms with E-state index in [0.29, 0.717) is 12.0 Å². The van der Waals surface area contributed by atoms with Gasteiger partial charge in [-0.2, -0.15) is 0 Å². The SMILES string of the molecule is CC(C)NCC(c1ccc(Br)cc1)C1CC1. The van der Waals surface area contributed by atoms with Crippen LogP contribution in [0.3, 0.4) is 0 Å². The monoisotopic (exact) mass is 281 g/mol. The van der Waals surface area contributed by atoms with Crippen LogP contribution in [0.15, 0.2) is 28.7 Å². The van der Waals surface area contributed by atoms with Crippen LogP contribution in [-0.4, -0.2) is 12.6 Å². The van der Waals surface area contributed by atoms with Crippen LogP contribution in [0.2, 0.25) is 0 Å². The predicted molar refractivity (Wildman–Crippen MR) is 72.7 cm³/mol. The first-order valence-electron chi connectivity index (χ1n) is 6.15. The van der Waals surface area contributed by atoms with Gasteiger partial charge in [0.1, 0.15) is 0 Å². The summed E-state index contributed by atoms with van der Waals surface area (Å²) in [4.78, 5) is 0. The van der Waals surface area contributed by atoms with Gasteiger partial charge in [-0.15, -0.1) is 0 Å². The Balaban J connectivity index is 2.03. The van der Waals surface area contributed by atoms with Crippen molar-refractivity contribution in [2.24, 2.45) is 5.92 Å². The summed E-state index contributed by atoms with van der Waals surface area (Å²) in [5, 5.41) is 3.57. The summed E-state index contributed by atoms with van der Waals surface area (Å²) < 4.78 is 1.17. The first-order valence-corrected chi connectivity index (χ1v) is 6.95. The summed E-state index contributed by atoms with van der Waals surface area (Å²) in [6.45, 7) is 5.54. The number of hydrogen-bond donors (Lipinski definition) is 1. The van der Waals surface area contributed by atoms with E-state index in [4.69, 9.17) is 0 Å². The standard InChI is InChI=1S/C14H20BrN/c1-10(2)16-9-14(11-3-4-11)12-5-7-13(15)8-6-12/h5-8,10-11,14,16H,3-4,9H2,1-2H3. The van der Waals surface area contributed by atoms with Gasteiger partial charge in [0.25, 0.3) is 0 Å². The molecule has 1 saturated carbocycles. The van der Waals surface area contributed by atoms with Crippen LogP contribution in [0.5, 0.6) is 0 Å². The van der Waals surface area contributed by atoms with Crippen LogP contribution in [0, 0.1) is 5.92 Å². The molecule has 2 rings (SSSR count). The molecule has 1 aromatic carbocycles. The van der Waals surface area contributed by atoms with Crippen molar-refractivity contribution in [2.45, 2.75) is 38.6 Å². The lowest BCUT2D eigenvalue weighted by molar-refractivity contribution is 0.496. The van der Waals surface area contributed by atoms with E-state index in [-0.39, 0.29) is 0 Å². The van der Waals surface area contributed by atoms with Gasteiger partial charge >= 0.3 is 0 Å². The Bertz CT molecular complexity index is 327. The Labute approximate surface area is 107 Å². The third kappa shape index (κ3) is 3.33. The zero-order valence-electron chi connectivity index (χ0n) is 10.0. The highest BCUT2D eigenvalue weighted by molar-refractivity contribution is 9.10. The molecule has 1 aliphatic carbocycles. The van der Waals surface area contributed by atoms with Crippen LogP contribution in [0.4, 0.5) is 0 Å². The first kappa shape index (κ1) is 12.1. The van der Waals surface area contributed by atoms with E-state index < -0.39 is 0 Å². The molecule has 0 aromatic heterocycles. The minimum atomic E-state index is 0.580. The average Bonchev–Trinajstić information content (AvgIpc) is 3.04. The molecule has 0 bridgehead atoms. The highest BCUT2D eigenvalue weighted by Gasteiger charge is 2.31. The van der Waals surface area contributed by atoms with Gasteiger partial charge in [-0.05, 0) is 42.4 Å². The minimum Gasteiger partial charge on any atom is -0.314 e. The Kier molecular flexibility index (Phi) is 4.04. The maximum atomic E-state index is 3.57. The van der Waals surface area contributed by atoms with Gasteiger partial charge in [0, 0.05) is 17.1 Å². The Morgan fingerprint density at radius 1 is 1.25 bits per heavy atom. The average molecular weight is 282 g/mol. The predicted octanol–water partition coefficient (Wildman–Crippen LogP) is 3.94. The van der Waals surface area contributed by atoms with E-state index in [1.54, 1.807) is 0 Å². The molecule has 1 nitrogen and oxygen atoms in total. The van der Waals surface area contributed by atoms with Crippen molar-refractivity contribution in [1.82, 2.24) is 5.32 Å². The maximum Gasteiger partial charge on any atom is 0.0175 e. The van der Waals surface area contributed by atoms with Crippen LogP contribution >= 0.6 is 15.9 Å². The molecule has 0 spiro atoms. The minimum absolute atomic E-state index is 0.580. The second kappa shape index (κ2) is 5.33. The van der Waals surface area contributed by atoms with Crippen molar-refractivity contribution in [3.63, 3.8) is 0 Å². The van der Waals surface area contributed by atoms with Gasteiger partial charge in [-0.3, -0.25) is 0 Å². The van der Waals surface area contributed by atoms with E-state index in [1.165, 1.54) is 22.9 Å². The molecular weight excluding hydrogens is 262 g/mol. The normalized spacial score (nSPS) is 17.8.